The summed E-state index contributed by atoms with van der Waals surface area (Å²) in [6.07, 6.45) is 2.54. The number of hydrogen-bond acceptors (Lipinski definition) is 0. The summed E-state index contributed by atoms with van der Waals surface area (Å²) in [5.74, 6) is -2.62. The van der Waals surface area contributed by atoms with E-state index < -0.39 is 17.5 Å². The average Bonchev–Trinajstić information content (AvgIpc) is 2.04. The van der Waals surface area contributed by atoms with Gasteiger partial charge in [-0.2, -0.15) is 0 Å². The van der Waals surface area contributed by atoms with Crippen LogP contribution in [0.2, 0.25) is 0 Å². The number of hydrogen-bond donors (Lipinski definition) is 0. The zero-order valence-corrected chi connectivity index (χ0v) is 9.95. The first-order chi connectivity index (χ1) is 6.94. The second kappa shape index (κ2) is 2.70. The number of halogens is 4. The molecule has 3 saturated carbocycles. The molecule has 3 aliphatic carbocycles. The zero-order chi connectivity index (χ0) is 10.8. The van der Waals surface area contributed by atoms with Crippen LogP contribution in [0.15, 0.2) is 12.1 Å². The fraction of sp³-hybridized carbons (Fsp3) is 0.455. The Balaban J connectivity index is 2.06. The number of rotatable bonds is 1. The molecule has 0 saturated heterocycles. The second-order valence-corrected chi connectivity index (χ2v) is 7.00. The van der Waals surface area contributed by atoms with Crippen molar-refractivity contribution in [3.8, 4) is 0 Å². The molecule has 0 aromatic heterocycles. The first-order valence-electron chi connectivity index (χ1n) is 4.78. The third-order valence-corrected chi connectivity index (χ3v) is 4.67. The molecule has 4 heteroatoms. The molecule has 15 heavy (non-hydrogen) atoms. The summed E-state index contributed by atoms with van der Waals surface area (Å²) < 4.78 is 39.8. The van der Waals surface area contributed by atoms with Crippen molar-refractivity contribution in [3.05, 3.63) is 35.1 Å². The van der Waals surface area contributed by atoms with Crippen LogP contribution in [0.5, 0.6) is 0 Å². The van der Waals surface area contributed by atoms with Crippen LogP contribution in [0, 0.1) is 17.5 Å². The molecule has 0 aliphatic heterocycles. The maximum Gasteiger partial charge on any atom is 0.162 e. The van der Waals surface area contributed by atoms with E-state index in [2.05, 4.69) is 22.6 Å². The SMILES string of the molecule is Fc1cc(F)c(F)c(C23CC(I)(C2)C3)c1. The Morgan fingerprint density at radius 1 is 1.07 bits per heavy atom. The van der Waals surface area contributed by atoms with Crippen LogP contribution >= 0.6 is 22.6 Å². The van der Waals surface area contributed by atoms with Crippen LogP contribution in [0.4, 0.5) is 13.2 Å². The van der Waals surface area contributed by atoms with Crippen molar-refractivity contribution in [2.75, 3.05) is 0 Å². The van der Waals surface area contributed by atoms with Gasteiger partial charge in [0.15, 0.2) is 11.6 Å². The van der Waals surface area contributed by atoms with Gasteiger partial charge in [-0.1, -0.05) is 22.6 Å². The fourth-order valence-electron chi connectivity index (χ4n) is 2.89. The summed E-state index contributed by atoms with van der Waals surface area (Å²) in [6, 6.07) is 1.75. The van der Waals surface area contributed by atoms with Crippen molar-refractivity contribution in [2.45, 2.75) is 28.1 Å². The van der Waals surface area contributed by atoms with E-state index in [1.165, 1.54) is 0 Å². The maximum absolute atomic E-state index is 13.5. The topological polar surface area (TPSA) is 0 Å². The van der Waals surface area contributed by atoms with Gasteiger partial charge in [0, 0.05) is 20.5 Å². The van der Waals surface area contributed by atoms with E-state index in [1.807, 2.05) is 0 Å². The molecule has 0 atom stereocenters. The minimum absolute atomic E-state index is 0.235. The third kappa shape index (κ3) is 1.20. The van der Waals surface area contributed by atoms with Crippen molar-refractivity contribution in [3.63, 3.8) is 0 Å². The molecule has 3 fully saturated rings. The fourth-order valence-corrected chi connectivity index (χ4v) is 5.08. The Morgan fingerprint density at radius 3 is 2.20 bits per heavy atom. The maximum atomic E-state index is 13.5. The lowest BCUT2D eigenvalue weighted by molar-refractivity contribution is 0.0179. The molecule has 0 N–H and O–H groups in total. The Kier molecular flexibility index (Phi) is 1.79. The van der Waals surface area contributed by atoms with Crippen molar-refractivity contribution >= 4 is 22.6 Å². The van der Waals surface area contributed by atoms with Crippen LogP contribution in [0.1, 0.15) is 24.8 Å². The van der Waals surface area contributed by atoms with Crippen LogP contribution in [-0.2, 0) is 5.41 Å². The number of alkyl halides is 1. The van der Waals surface area contributed by atoms with Crippen molar-refractivity contribution in [2.24, 2.45) is 0 Å². The summed E-state index contributed by atoms with van der Waals surface area (Å²) >= 11 is 2.35. The normalized spacial score (nSPS) is 37.1. The van der Waals surface area contributed by atoms with Gasteiger partial charge < -0.3 is 0 Å². The summed E-state index contributed by atoms with van der Waals surface area (Å²) in [5, 5.41) is 0. The van der Waals surface area contributed by atoms with Gasteiger partial charge >= 0.3 is 0 Å². The summed E-state index contributed by atoms with van der Waals surface area (Å²) in [7, 11) is 0. The predicted octanol–water partition coefficient (Wildman–Crippen LogP) is 3.71. The molecule has 3 aliphatic rings. The Bertz CT molecular complexity index is 436. The Morgan fingerprint density at radius 2 is 1.67 bits per heavy atom. The van der Waals surface area contributed by atoms with E-state index in [4.69, 9.17) is 0 Å². The first kappa shape index (κ1) is 9.93. The summed E-state index contributed by atoms with van der Waals surface area (Å²) in [5.41, 5.74) is -0.0349. The second-order valence-electron chi connectivity index (χ2n) is 4.71. The standard InChI is InChI=1S/C11H8F3I/c12-6-1-7(9(14)8(13)2-6)10-3-11(15,4-10)5-10/h1-2H,3-5H2. The lowest BCUT2D eigenvalue weighted by atomic mass is 9.42. The van der Waals surface area contributed by atoms with Crippen LogP contribution < -0.4 is 0 Å². The first-order valence-corrected chi connectivity index (χ1v) is 5.86. The molecule has 2 bridgehead atoms. The molecule has 0 unspecified atom stereocenters. The average molecular weight is 324 g/mol. The highest BCUT2D eigenvalue weighted by Gasteiger charge is 2.67. The highest BCUT2D eigenvalue weighted by atomic mass is 127. The van der Waals surface area contributed by atoms with Crippen LogP contribution in [0.3, 0.4) is 0 Å². The van der Waals surface area contributed by atoms with E-state index in [-0.39, 0.29) is 14.4 Å². The molecule has 0 radical (unpaired) electrons. The van der Waals surface area contributed by atoms with Crippen molar-refractivity contribution in [1.29, 1.82) is 0 Å². The van der Waals surface area contributed by atoms with E-state index in [0.29, 0.717) is 6.07 Å². The minimum atomic E-state index is -1.07. The van der Waals surface area contributed by atoms with Crippen molar-refractivity contribution in [1.82, 2.24) is 0 Å². The van der Waals surface area contributed by atoms with Gasteiger partial charge in [0.25, 0.3) is 0 Å². The van der Waals surface area contributed by atoms with E-state index in [0.717, 1.165) is 25.3 Å². The number of benzene rings is 1. The van der Waals surface area contributed by atoms with E-state index in [9.17, 15) is 13.2 Å². The van der Waals surface area contributed by atoms with Crippen molar-refractivity contribution < 1.29 is 13.2 Å². The Labute approximate surface area is 99.0 Å². The molecule has 0 amide bonds. The quantitative estimate of drug-likeness (QED) is 0.420. The molecule has 0 heterocycles. The highest BCUT2D eigenvalue weighted by Crippen LogP contribution is 2.72. The molecule has 1 aromatic rings. The van der Waals surface area contributed by atoms with Crippen LogP contribution in [-0.4, -0.2) is 3.42 Å². The predicted molar refractivity (Wildman–Crippen MR) is 58.6 cm³/mol. The molecule has 0 nitrogen and oxygen atoms in total. The van der Waals surface area contributed by atoms with Crippen LogP contribution in [0.25, 0.3) is 0 Å². The van der Waals surface area contributed by atoms with Gasteiger partial charge in [-0.15, -0.1) is 0 Å². The largest absolute Gasteiger partial charge is 0.207 e. The Hall–Kier alpha value is -0.260. The monoisotopic (exact) mass is 324 g/mol. The van der Waals surface area contributed by atoms with E-state index in [1.54, 1.807) is 0 Å². The lowest BCUT2D eigenvalue weighted by Crippen LogP contribution is -2.66. The van der Waals surface area contributed by atoms with Gasteiger partial charge in [0.1, 0.15) is 5.82 Å². The van der Waals surface area contributed by atoms with Gasteiger partial charge in [0.05, 0.1) is 0 Å². The summed E-state index contributed by atoms with van der Waals surface area (Å²) in [4.78, 5) is 0. The molecular formula is C11H8F3I. The lowest BCUT2D eigenvalue weighted by Gasteiger charge is -2.68. The molecular weight excluding hydrogens is 316 g/mol. The zero-order valence-electron chi connectivity index (χ0n) is 7.79. The van der Waals surface area contributed by atoms with Gasteiger partial charge in [0.2, 0.25) is 0 Å². The van der Waals surface area contributed by atoms with Gasteiger partial charge in [-0.3, -0.25) is 0 Å². The van der Waals surface area contributed by atoms with Gasteiger partial charge in [-0.05, 0) is 25.3 Å². The highest BCUT2D eigenvalue weighted by molar-refractivity contribution is 14.1. The van der Waals surface area contributed by atoms with E-state index >= 15 is 0 Å². The molecule has 0 spiro atoms. The molecule has 4 rings (SSSR count). The minimum Gasteiger partial charge on any atom is -0.207 e. The third-order valence-electron chi connectivity index (χ3n) is 3.53. The molecule has 1 aromatic carbocycles. The van der Waals surface area contributed by atoms with Gasteiger partial charge in [-0.25, -0.2) is 13.2 Å². The smallest absolute Gasteiger partial charge is 0.162 e. The molecule has 80 valence electrons. The summed E-state index contributed by atoms with van der Waals surface area (Å²) in [6.45, 7) is 0.